The summed E-state index contributed by atoms with van der Waals surface area (Å²) in [5.74, 6) is 0.661. The number of nitrogens with zero attached hydrogens (tertiary/aromatic N) is 2. The monoisotopic (exact) mass is 211 g/mol. The maximum absolute atomic E-state index is 9.05. The van der Waals surface area contributed by atoms with Crippen molar-refractivity contribution in [3.8, 4) is 0 Å². The molecule has 0 aliphatic heterocycles. The van der Waals surface area contributed by atoms with Crippen LogP contribution in [0.15, 0.2) is 6.20 Å². The fourth-order valence-electron chi connectivity index (χ4n) is 1.16. The van der Waals surface area contributed by atoms with Crippen LogP contribution < -0.4 is 5.32 Å². The molecule has 0 saturated heterocycles. The molecule has 1 unspecified atom stereocenters. The van der Waals surface area contributed by atoms with Crippen LogP contribution in [0.1, 0.15) is 11.4 Å². The van der Waals surface area contributed by atoms with Crippen molar-refractivity contribution in [2.45, 2.75) is 19.9 Å². The highest BCUT2D eigenvalue weighted by Crippen LogP contribution is 2.06. The molecule has 2 N–H and O–H groups in total. The fraction of sp³-hybridized carbons (Fsp3) is 0.600. The van der Waals surface area contributed by atoms with Gasteiger partial charge in [0, 0.05) is 7.11 Å². The molecule has 1 atom stereocenters. The van der Waals surface area contributed by atoms with Crippen molar-refractivity contribution in [2.24, 2.45) is 0 Å². The van der Waals surface area contributed by atoms with Gasteiger partial charge >= 0.3 is 0 Å². The minimum atomic E-state index is -0.147. The molecule has 0 aromatic carbocycles. The summed E-state index contributed by atoms with van der Waals surface area (Å²) in [6, 6.07) is -0.147. The van der Waals surface area contributed by atoms with Crippen LogP contribution >= 0.6 is 0 Å². The van der Waals surface area contributed by atoms with Crippen molar-refractivity contribution < 1.29 is 9.84 Å². The van der Waals surface area contributed by atoms with Crippen LogP contribution in [0.2, 0.25) is 0 Å². The quantitative estimate of drug-likeness (QED) is 0.743. The average molecular weight is 211 g/mol. The van der Waals surface area contributed by atoms with Crippen LogP contribution in [0.4, 0.5) is 5.82 Å². The number of aliphatic hydroxyl groups excluding tert-OH is 1. The molecule has 1 heterocycles. The van der Waals surface area contributed by atoms with E-state index in [2.05, 4.69) is 15.3 Å². The summed E-state index contributed by atoms with van der Waals surface area (Å²) in [7, 11) is 1.59. The molecule has 1 rings (SSSR count). The Hall–Kier alpha value is -1.20. The largest absolute Gasteiger partial charge is 0.394 e. The lowest BCUT2D eigenvalue weighted by Crippen LogP contribution is -2.29. The first-order chi connectivity index (χ1) is 7.17. The summed E-state index contributed by atoms with van der Waals surface area (Å²) in [6.45, 7) is 4.25. The van der Waals surface area contributed by atoms with Crippen LogP contribution in [-0.4, -0.2) is 41.4 Å². The van der Waals surface area contributed by atoms with E-state index in [-0.39, 0.29) is 12.6 Å². The van der Waals surface area contributed by atoms with Gasteiger partial charge in [0.1, 0.15) is 5.82 Å². The van der Waals surface area contributed by atoms with Gasteiger partial charge in [-0.1, -0.05) is 0 Å². The van der Waals surface area contributed by atoms with E-state index in [1.807, 2.05) is 13.8 Å². The Morgan fingerprint density at radius 1 is 1.47 bits per heavy atom. The van der Waals surface area contributed by atoms with Crippen LogP contribution in [0.5, 0.6) is 0 Å². The molecule has 0 bridgehead atoms. The first-order valence-electron chi connectivity index (χ1n) is 4.84. The predicted molar refractivity (Wildman–Crippen MR) is 57.9 cm³/mol. The van der Waals surface area contributed by atoms with E-state index in [1.165, 1.54) is 0 Å². The molecule has 5 nitrogen and oxygen atoms in total. The molecule has 84 valence electrons. The molecule has 0 aliphatic rings. The van der Waals surface area contributed by atoms with Gasteiger partial charge in [-0.05, 0) is 13.8 Å². The topological polar surface area (TPSA) is 67.3 Å². The molecule has 15 heavy (non-hydrogen) atoms. The molecule has 1 aromatic rings. The molecule has 1 aromatic heterocycles. The Morgan fingerprint density at radius 3 is 2.73 bits per heavy atom. The van der Waals surface area contributed by atoms with Gasteiger partial charge in [-0.3, -0.25) is 4.98 Å². The van der Waals surface area contributed by atoms with Crippen LogP contribution in [0.3, 0.4) is 0 Å². The van der Waals surface area contributed by atoms with E-state index in [9.17, 15) is 0 Å². The number of methoxy groups -OCH3 is 1. The Kier molecular flexibility index (Phi) is 4.45. The molecule has 0 saturated carbocycles. The van der Waals surface area contributed by atoms with Crippen LogP contribution in [0.25, 0.3) is 0 Å². The van der Waals surface area contributed by atoms with Gasteiger partial charge in [0.2, 0.25) is 0 Å². The maximum Gasteiger partial charge on any atom is 0.145 e. The smallest absolute Gasteiger partial charge is 0.145 e. The van der Waals surface area contributed by atoms with E-state index in [0.29, 0.717) is 12.4 Å². The number of aromatic nitrogens is 2. The lowest BCUT2D eigenvalue weighted by Gasteiger charge is -2.15. The van der Waals surface area contributed by atoms with Gasteiger partial charge in [0.05, 0.1) is 36.8 Å². The number of rotatable bonds is 5. The van der Waals surface area contributed by atoms with Crippen LogP contribution in [-0.2, 0) is 4.74 Å². The zero-order chi connectivity index (χ0) is 11.3. The molecule has 0 fully saturated rings. The second-order valence-corrected chi connectivity index (χ2v) is 3.41. The SMILES string of the molecule is COCC(CO)Nc1cnc(C)c(C)n1. The Balaban J connectivity index is 2.66. The lowest BCUT2D eigenvalue weighted by atomic mass is 10.3. The van der Waals surface area contributed by atoms with Crippen molar-refractivity contribution in [2.75, 3.05) is 25.6 Å². The third kappa shape index (κ3) is 3.45. The number of hydrogen-bond acceptors (Lipinski definition) is 5. The molecule has 0 amide bonds. The Bertz CT molecular complexity index is 318. The van der Waals surface area contributed by atoms with Gasteiger partial charge in [0.15, 0.2) is 0 Å². The van der Waals surface area contributed by atoms with Crippen molar-refractivity contribution in [3.05, 3.63) is 17.6 Å². The summed E-state index contributed by atoms with van der Waals surface area (Å²) in [4.78, 5) is 8.48. The summed E-state index contributed by atoms with van der Waals surface area (Å²) in [5.41, 5.74) is 1.79. The van der Waals surface area contributed by atoms with E-state index >= 15 is 0 Å². The number of aryl methyl sites for hydroxylation is 2. The van der Waals surface area contributed by atoms with Crippen molar-refractivity contribution >= 4 is 5.82 Å². The third-order valence-corrected chi connectivity index (χ3v) is 2.13. The molecular formula is C10H17N3O2. The van der Waals surface area contributed by atoms with Gasteiger partial charge in [0.25, 0.3) is 0 Å². The van der Waals surface area contributed by atoms with E-state index in [0.717, 1.165) is 11.4 Å². The Morgan fingerprint density at radius 2 is 2.20 bits per heavy atom. The zero-order valence-electron chi connectivity index (χ0n) is 9.32. The van der Waals surface area contributed by atoms with Gasteiger partial charge in [-0.2, -0.15) is 0 Å². The summed E-state index contributed by atoms with van der Waals surface area (Å²) >= 11 is 0. The van der Waals surface area contributed by atoms with Crippen molar-refractivity contribution in [1.82, 2.24) is 9.97 Å². The summed E-state index contributed by atoms with van der Waals surface area (Å²) in [5, 5.41) is 12.1. The highest BCUT2D eigenvalue weighted by atomic mass is 16.5. The van der Waals surface area contributed by atoms with Crippen LogP contribution in [0, 0.1) is 13.8 Å². The average Bonchev–Trinajstić information content (AvgIpc) is 2.23. The summed E-state index contributed by atoms with van der Waals surface area (Å²) < 4.78 is 4.95. The minimum absolute atomic E-state index is 0.00242. The molecular weight excluding hydrogens is 194 g/mol. The zero-order valence-corrected chi connectivity index (χ0v) is 9.32. The molecule has 5 heteroatoms. The number of hydrogen-bond donors (Lipinski definition) is 2. The van der Waals surface area contributed by atoms with E-state index in [4.69, 9.17) is 9.84 Å². The number of ether oxygens (including phenoxy) is 1. The summed E-state index contributed by atoms with van der Waals surface area (Å²) in [6.07, 6.45) is 1.65. The van der Waals surface area contributed by atoms with Gasteiger partial charge in [-0.25, -0.2) is 4.98 Å². The number of aliphatic hydroxyl groups is 1. The second-order valence-electron chi connectivity index (χ2n) is 3.41. The van der Waals surface area contributed by atoms with E-state index in [1.54, 1.807) is 13.3 Å². The van der Waals surface area contributed by atoms with Gasteiger partial charge < -0.3 is 15.2 Å². The normalized spacial score (nSPS) is 12.5. The highest BCUT2D eigenvalue weighted by Gasteiger charge is 2.08. The highest BCUT2D eigenvalue weighted by molar-refractivity contribution is 5.34. The minimum Gasteiger partial charge on any atom is -0.394 e. The van der Waals surface area contributed by atoms with E-state index < -0.39 is 0 Å². The predicted octanol–water partition coefficient (Wildman–Crippen LogP) is 0.513. The van der Waals surface area contributed by atoms with Gasteiger partial charge in [-0.15, -0.1) is 0 Å². The van der Waals surface area contributed by atoms with Crippen molar-refractivity contribution in [3.63, 3.8) is 0 Å². The standard InChI is InChI=1S/C10H17N3O2/c1-7-8(2)12-10(4-11-7)13-9(5-14)6-15-3/h4,9,14H,5-6H2,1-3H3,(H,12,13). The number of anilines is 1. The molecule has 0 spiro atoms. The lowest BCUT2D eigenvalue weighted by molar-refractivity contribution is 0.153. The Labute approximate surface area is 89.5 Å². The first-order valence-corrected chi connectivity index (χ1v) is 4.84. The first kappa shape index (κ1) is 11.9. The molecule has 0 aliphatic carbocycles. The maximum atomic E-state index is 9.05. The number of nitrogens with one attached hydrogen (secondary N) is 1. The molecule has 0 radical (unpaired) electrons. The second kappa shape index (κ2) is 5.63. The third-order valence-electron chi connectivity index (χ3n) is 2.13. The van der Waals surface area contributed by atoms with Crippen molar-refractivity contribution in [1.29, 1.82) is 0 Å². The fourth-order valence-corrected chi connectivity index (χ4v) is 1.16.